The molecule has 0 fully saturated rings. The lowest BCUT2D eigenvalue weighted by Gasteiger charge is -2.24. The van der Waals surface area contributed by atoms with Crippen molar-refractivity contribution in [1.82, 2.24) is 5.32 Å². The van der Waals surface area contributed by atoms with Crippen LogP contribution in [-0.4, -0.2) is 46.9 Å². The Labute approximate surface area is 391 Å². The van der Waals surface area contributed by atoms with Gasteiger partial charge >= 0.3 is 5.97 Å². The van der Waals surface area contributed by atoms with Gasteiger partial charge in [0.2, 0.25) is 5.91 Å². The lowest BCUT2D eigenvalue weighted by molar-refractivity contribution is -0.151. The fourth-order valence-electron chi connectivity index (χ4n) is 8.22. The maximum Gasteiger partial charge on any atom is 0.306 e. The molecule has 0 aliphatic heterocycles. The fraction of sp³-hybridized carbons (Fsp3) is 0.825. The molecule has 3 atom stereocenters. The summed E-state index contributed by atoms with van der Waals surface area (Å²) in [7, 11) is 0. The highest BCUT2D eigenvalue weighted by molar-refractivity contribution is 5.77. The number of aliphatic hydroxyl groups is 2. The number of amides is 1. The minimum Gasteiger partial charge on any atom is -0.462 e. The van der Waals surface area contributed by atoms with Crippen molar-refractivity contribution in [3.8, 4) is 0 Å². The van der Waals surface area contributed by atoms with Gasteiger partial charge in [-0.15, -0.1) is 0 Å². The Morgan fingerprint density at radius 1 is 0.476 bits per heavy atom. The number of ether oxygens (including phenoxy) is 1. The van der Waals surface area contributed by atoms with Gasteiger partial charge in [-0.1, -0.05) is 230 Å². The standard InChI is InChI=1S/C57H105NO5/c1-4-7-10-13-16-19-22-25-28-30-33-36-39-42-45-48-53(63-57(62)50-47-44-41-38-35-32-29-26-23-20-17-14-11-8-5-2)51-56(61)58-54(52-59)55(60)49-46-43-40-37-34-31-27-24-21-18-15-12-9-6-3/h16-17,19-20,23,25-26,28,53-55,59-60H,4-15,18,21-22,24,27,29-52H2,1-3H3,(H,58,61)/b19-16-,20-17+,26-23+,28-25-. The van der Waals surface area contributed by atoms with Gasteiger partial charge < -0.3 is 20.3 Å². The molecule has 3 N–H and O–H groups in total. The number of hydrogen-bond donors (Lipinski definition) is 3. The number of nitrogens with one attached hydrogen (secondary N) is 1. The van der Waals surface area contributed by atoms with Gasteiger partial charge in [-0.2, -0.15) is 0 Å². The summed E-state index contributed by atoms with van der Waals surface area (Å²) >= 11 is 0. The number of carbonyl (C=O) groups is 2. The third kappa shape index (κ3) is 46.2. The van der Waals surface area contributed by atoms with Crippen LogP contribution in [0.4, 0.5) is 0 Å². The van der Waals surface area contributed by atoms with E-state index in [2.05, 4.69) is 74.7 Å². The summed E-state index contributed by atoms with van der Waals surface area (Å²) in [4.78, 5) is 26.2. The molecule has 0 aromatic carbocycles. The van der Waals surface area contributed by atoms with Gasteiger partial charge in [-0.25, -0.2) is 0 Å². The molecule has 0 saturated carbocycles. The van der Waals surface area contributed by atoms with E-state index in [4.69, 9.17) is 4.74 Å². The molecule has 0 aliphatic carbocycles. The molecule has 0 radical (unpaired) electrons. The number of esters is 1. The zero-order valence-electron chi connectivity index (χ0n) is 42.0. The van der Waals surface area contributed by atoms with Crippen LogP contribution in [0.1, 0.15) is 278 Å². The molecule has 6 nitrogen and oxygen atoms in total. The highest BCUT2D eigenvalue weighted by Crippen LogP contribution is 2.18. The molecule has 6 heteroatoms. The number of carbonyl (C=O) groups excluding carboxylic acids is 2. The molecule has 0 heterocycles. The monoisotopic (exact) mass is 884 g/mol. The van der Waals surface area contributed by atoms with Crippen LogP contribution in [0.25, 0.3) is 0 Å². The molecule has 0 rings (SSSR count). The van der Waals surface area contributed by atoms with Crippen molar-refractivity contribution in [2.24, 2.45) is 0 Å². The quantitative estimate of drug-likeness (QED) is 0.0245. The average Bonchev–Trinajstić information content (AvgIpc) is 3.28. The molecule has 0 bridgehead atoms. The summed E-state index contributed by atoms with van der Waals surface area (Å²) < 4.78 is 5.94. The number of unbranched alkanes of at least 4 members (excludes halogenated alkanes) is 30. The van der Waals surface area contributed by atoms with Crippen LogP contribution < -0.4 is 5.32 Å². The Hall–Kier alpha value is -2.18. The number of rotatable bonds is 49. The van der Waals surface area contributed by atoms with E-state index >= 15 is 0 Å². The van der Waals surface area contributed by atoms with Crippen LogP contribution in [0.3, 0.4) is 0 Å². The van der Waals surface area contributed by atoms with Gasteiger partial charge in [0.15, 0.2) is 0 Å². The molecule has 0 aliphatic rings. The van der Waals surface area contributed by atoms with Crippen molar-refractivity contribution in [3.05, 3.63) is 48.6 Å². The van der Waals surface area contributed by atoms with Gasteiger partial charge in [0.1, 0.15) is 6.10 Å². The highest BCUT2D eigenvalue weighted by atomic mass is 16.5. The Balaban J connectivity index is 4.61. The molecule has 0 saturated heterocycles. The first-order valence-electron chi connectivity index (χ1n) is 27.4. The second-order valence-electron chi connectivity index (χ2n) is 18.7. The van der Waals surface area contributed by atoms with E-state index in [1.807, 2.05) is 0 Å². The molecule has 368 valence electrons. The van der Waals surface area contributed by atoms with E-state index in [0.29, 0.717) is 19.3 Å². The molecule has 0 aromatic heterocycles. The van der Waals surface area contributed by atoms with Gasteiger partial charge in [0.05, 0.1) is 25.2 Å². The second-order valence-corrected chi connectivity index (χ2v) is 18.7. The fourth-order valence-corrected chi connectivity index (χ4v) is 8.22. The zero-order valence-corrected chi connectivity index (χ0v) is 42.0. The van der Waals surface area contributed by atoms with Crippen molar-refractivity contribution in [3.63, 3.8) is 0 Å². The zero-order chi connectivity index (χ0) is 45.9. The van der Waals surface area contributed by atoms with Gasteiger partial charge in [0.25, 0.3) is 0 Å². The number of hydrogen-bond acceptors (Lipinski definition) is 5. The van der Waals surface area contributed by atoms with Crippen LogP contribution in [-0.2, 0) is 14.3 Å². The van der Waals surface area contributed by atoms with Gasteiger partial charge in [-0.05, 0) is 83.5 Å². The molecular formula is C57H105NO5. The Bertz CT molecular complexity index is 1080. The van der Waals surface area contributed by atoms with E-state index in [0.717, 1.165) is 77.0 Å². The first kappa shape index (κ1) is 60.8. The first-order chi connectivity index (χ1) is 31.0. The summed E-state index contributed by atoms with van der Waals surface area (Å²) in [6.07, 6.45) is 61.6. The molecule has 0 aromatic rings. The molecule has 0 spiro atoms. The lowest BCUT2D eigenvalue weighted by Crippen LogP contribution is -2.46. The third-order valence-corrected chi connectivity index (χ3v) is 12.4. The predicted octanol–water partition coefficient (Wildman–Crippen LogP) is 16.6. The van der Waals surface area contributed by atoms with Crippen molar-refractivity contribution in [2.45, 2.75) is 296 Å². The number of aliphatic hydroxyl groups excluding tert-OH is 2. The van der Waals surface area contributed by atoms with E-state index in [9.17, 15) is 19.8 Å². The van der Waals surface area contributed by atoms with E-state index in [1.54, 1.807) is 0 Å². The Morgan fingerprint density at radius 2 is 0.857 bits per heavy atom. The summed E-state index contributed by atoms with van der Waals surface area (Å²) in [6, 6.07) is -0.708. The van der Waals surface area contributed by atoms with Crippen LogP contribution in [0.15, 0.2) is 48.6 Å². The maximum atomic E-state index is 13.2. The Kier molecular flexibility index (Phi) is 49.1. The average molecular weight is 884 g/mol. The van der Waals surface area contributed by atoms with Crippen LogP contribution in [0.5, 0.6) is 0 Å². The minimum absolute atomic E-state index is 0.0642. The molecule has 1 amide bonds. The Morgan fingerprint density at radius 3 is 1.33 bits per heavy atom. The van der Waals surface area contributed by atoms with Crippen molar-refractivity contribution >= 4 is 11.9 Å². The lowest BCUT2D eigenvalue weighted by atomic mass is 10.0. The van der Waals surface area contributed by atoms with Crippen molar-refractivity contribution in [1.29, 1.82) is 0 Å². The summed E-state index contributed by atoms with van der Waals surface area (Å²) in [6.45, 7) is 6.44. The minimum atomic E-state index is -0.794. The number of allylic oxidation sites excluding steroid dienone is 8. The second kappa shape index (κ2) is 50.8. The van der Waals surface area contributed by atoms with Gasteiger partial charge in [-0.3, -0.25) is 9.59 Å². The summed E-state index contributed by atoms with van der Waals surface area (Å²) in [5.74, 6) is -0.493. The van der Waals surface area contributed by atoms with Crippen LogP contribution >= 0.6 is 0 Å². The molecule has 3 unspecified atom stereocenters. The topological polar surface area (TPSA) is 95.9 Å². The first-order valence-corrected chi connectivity index (χ1v) is 27.4. The molecule has 63 heavy (non-hydrogen) atoms. The van der Waals surface area contributed by atoms with E-state index in [-0.39, 0.29) is 24.9 Å². The predicted molar refractivity (Wildman–Crippen MR) is 273 cm³/mol. The van der Waals surface area contributed by atoms with Crippen LogP contribution in [0, 0.1) is 0 Å². The summed E-state index contributed by atoms with van der Waals surface area (Å²) in [5, 5.41) is 23.8. The van der Waals surface area contributed by atoms with Gasteiger partial charge in [0, 0.05) is 6.42 Å². The molecular weight excluding hydrogens is 779 g/mol. The van der Waals surface area contributed by atoms with E-state index < -0.39 is 18.2 Å². The maximum absolute atomic E-state index is 13.2. The SMILES string of the molecule is CCCCC/C=C\C/C=C\CCCCCCCC(CC(=O)NC(CO)C(O)CCCCCCCCCCCCCCCC)OC(=O)CCCCCCCC/C=C/C=C/CCCCC. The smallest absolute Gasteiger partial charge is 0.306 e. The highest BCUT2D eigenvalue weighted by Gasteiger charge is 2.24. The van der Waals surface area contributed by atoms with Crippen LogP contribution in [0.2, 0.25) is 0 Å². The van der Waals surface area contributed by atoms with Crippen molar-refractivity contribution in [2.75, 3.05) is 6.61 Å². The van der Waals surface area contributed by atoms with E-state index in [1.165, 1.54) is 154 Å². The van der Waals surface area contributed by atoms with Crippen molar-refractivity contribution < 1.29 is 24.5 Å². The largest absolute Gasteiger partial charge is 0.462 e. The normalized spacial score (nSPS) is 13.5. The summed E-state index contributed by atoms with van der Waals surface area (Å²) in [5.41, 5.74) is 0. The third-order valence-electron chi connectivity index (χ3n) is 12.4.